The molecule has 0 aliphatic carbocycles. The number of carbonyl (C=O) groups excluding carboxylic acids is 1. The van der Waals surface area contributed by atoms with Gasteiger partial charge in [0.25, 0.3) is 0 Å². The number of hydrogen-bond donors (Lipinski definition) is 2. The molecule has 3 N–H and O–H groups in total. The zero-order valence-corrected chi connectivity index (χ0v) is 17.6. The number of nitrogens with zero attached hydrogens (tertiary/aromatic N) is 2. The fraction of sp³-hybridized carbons (Fsp3) is 0.364. The van der Waals surface area contributed by atoms with E-state index in [0.29, 0.717) is 35.9 Å². The number of nitrogens with one attached hydrogen (secondary N) is 1. The van der Waals surface area contributed by atoms with Gasteiger partial charge in [-0.05, 0) is 62.6 Å². The molecule has 0 aromatic heterocycles. The molecule has 0 radical (unpaired) electrons. The highest BCUT2D eigenvalue weighted by atomic mass is 16.5. The van der Waals surface area contributed by atoms with Crippen LogP contribution in [0.1, 0.15) is 36.1 Å². The molecule has 0 saturated carbocycles. The van der Waals surface area contributed by atoms with E-state index in [2.05, 4.69) is 5.32 Å². The second-order valence-corrected chi connectivity index (χ2v) is 7.12. The van der Waals surface area contributed by atoms with E-state index in [-0.39, 0.29) is 12.1 Å². The Morgan fingerprint density at radius 1 is 1.24 bits per heavy atom. The summed E-state index contributed by atoms with van der Waals surface area (Å²) in [5, 5.41) is 9.15. The summed E-state index contributed by atoms with van der Waals surface area (Å²) in [4.78, 5) is 12.7. The van der Waals surface area contributed by atoms with Crippen molar-refractivity contribution in [1.82, 2.24) is 10.3 Å². The first-order valence-electron chi connectivity index (χ1n) is 9.67. The molecule has 7 heteroatoms. The van der Waals surface area contributed by atoms with E-state index >= 15 is 0 Å². The molecule has 1 heterocycles. The summed E-state index contributed by atoms with van der Waals surface area (Å²) in [5.74, 6) is 1.27. The second-order valence-electron chi connectivity index (χ2n) is 7.12. The largest absolute Gasteiger partial charge is 0.493 e. The van der Waals surface area contributed by atoms with Gasteiger partial charge in [-0.3, -0.25) is 0 Å². The number of nitrogen functional groups attached to an aromatic ring is 1. The Balaban J connectivity index is 2.24. The van der Waals surface area contributed by atoms with Gasteiger partial charge in [0.15, 0.2) is 11.5 Å². The number of hydrazone groups is 1. The maximum Gasteiger partial charge on any atom is 0.338 e. The van der Waals surface area contributed by atoms with Crippen molar-refractivity contribution in [2.45, 2.75) is 33.2 Å². The zero-order valence-electron chi connectivity index (χ0n) is 17.6. The third-order valence-electron chi connectivity index (χ3n) is 5.08. The number of benzene rings is 2. The van der Waals surface area contributed by atoms with E-state index in [1.807, 2.05) is 51.1 Å². The van der Waals surface area contributed by atoms with Gasteiger partial charge >= 0.3 is 6.03 Å². The third kappa shape index (κ3) is 3.99. The molecule has 1 aliphatic rings. The van der Waals surface area contributed by atoms with Gasteiger partial charge < -0.3 is 20.5 Å². The maximum atomic E-state index is 12.7. The maximum absolute atomic E-state index is 12.7. The third-order valence-corrected chi connectivity index (χ3v) is 5.08. The first-order valence-corrected chi connectivity index (χ1v) is 9.67. The van der Waals surface area contributed by atoms with E-state index in [1.165, 1.54) is 5.01 Å². The lowest BCUT2D eigenvalue weighted by Crippen LogP contribution is -2.42. The molecule has 0 saturated heterocycles. The number of aryl methyl sites for hydroxylation is 1. The second kappa shape index (κ2) is 8.43. The van der Waals surface area contributed by atoms with Crippen molar-refractivity contribution in [2.24, 2.45) is 5.10 Å². The lowest BCUT2D eigenvalue weighted by atomic mass is 9.93. The Labute approximate surface area is 171 Å². The quantitative estimate of drug-likeness (QED) is 0.776. The standard InChI is InChI=1S/C22H28N4O3/c1-6-24-22(27)26-14(3)10-16-11-19(28-4)20(29-5)12-17(16)21(25-26)15-7-8-18(23)13(2)9-15/h7-9,11-12,14H,6,10,23H2,1-5H3,(H,24,27)/t14-/m1/s1. The number of nitrogens with two attached hydrogens (primary N) is 1. The molecule has 154 valence electrons. The predicted molar refractivity (Wildman–Crippen MR) is 115 cm³/mol. The normalized spacial score (nSPS) is 15.8. The Bertz CT molecular complexity index is 955. The summed E-state index contributed by atoms with van der Waals surface area (Å²) in [7, 11) is 3.22. The number of amides is 2. The Morgan fingerprint density at radius 3 is 2.55 bits per heavy atom. The van der Waals surface area contributed by atoms with Gasteiger partial charge in [0.05, 0.1) is 26.0 Å². The Kier molecular flexibility index (Phi) is 5.96. The van der Waals surface area contributed by atoms with Crippen molar-refractivity contribution in [1.29, 1.82) is 0 Å². The summed E-state index contributed by atoms with van der Waals surface area (Å²) >= 11 is 0. The number of carbonyl (C=O) groups is 1. The van der Waals surface area contributed by atoms with E-state index in [0.717, 1.165) is 22.3 Å². The minimum absolute atomic E-state index is 0.134. The van der Waals surface area contributed by atoms with Crippen LogP contribution in [-0.4, -0.2) is 43.6 Å². The fourth-order valence-corrected chi connectivity index (χ4v) is 3.49. The Morgan fingerprint density at radius 2 is 1.93 bits per heavy atom. The van der Waals surface area contributed by atoms with Gasteiger partial charge in [-0.2, -0.15) is 5.10 Å². The molecule has 2 aromatic carbocycles. The summed E-state index contributed by atoms with van der Waals surface area (Å²) < 4.78 is 11.0. The molecule has 2 aromatic rings. The molecule has 0 unspecified atom stereocenters. The molecular weight excluding hydrogens is 368 g/mol. The number of hydrogen-bond acceptors (Lipinski definition) is 5. The summed E-state index contributed by atoms with van der Waals surface area (Å²) in [6, 6.07) is 9.30. The summed E-state index contributed by atoms with van der Waals surface area (Å²) in [5.41, 5.74) is 11.2. The summed E-state index contributed by atoms with van der Waals surface area (Å²) in [6.07, 6.45) is 0.633. The number of rotatable bonds is 4. The molecule has 0 bridgehead atoms. The minimum Gasteiger partial charge on any atom is -0.493 e. The monoisotopic (exact) mass is 396 g/mol. The molecule has 1 atom stereocenters. The average molecular weight is 396 g/mol. The molecule has 0 fully saturated rings. The molecule has 29 heavy (non-hydrogen) atoms. The number of fused-ring (bicyclic) bond motifs is 1. The van der Waals surface area contributed by atoms with Crippen molar-refractivity contribution in [3.63, 3.8) is 0 Å². The predicted octanol–water partition coefficient (Wildman–Crippen LogP) is 3.32. The van der Waals surface area contributed by atoms with Crippen molar-refractivity contribution >= 4 is 17.4 Å². The number of anilines is 1. The lowest BCUT2D eigenvalue weighted by Gasteiger charge is -2.23. The average Bonchev–Trinajstić information content (AvgIpc) is 2.84. The van der Waals surface area contributed by atoms with Crippen LogP contribution in [0.25, 0.3) is 0 Å². The molecular formula is C22H28N4O3. The first kappa shape index (κ1) is 20.5. The van der Waals surface area contributed by atoms with Crippen LogP contribution in [-0.2, 0) is 6.42 Å². The highest BCUT2D eigenvalue weighted by Crippen LogP contribution is 2.34. The molecule has 7 nitrogen and oxygen atoms in total. The molecule has 1 aliphatic heterocycles. The van der Waals surface area contributed by atoms with E-state index in [4.69, 9.17) is 20.3 Å². The van der Waals surface area contributed by atoms with Crippen molar-refractivity contribution in [3.8, 4) is 11.5 Å². The SMILES string of the molecule is CCNC(=O)N1N=C(c2ccc(N)c(C)c2)c2cc(OC)c(OC)cc2C[C@H]1C. The molecule has 3 rings (SSSR count). The van der Waals surface area contributed by atoms with Crippen LogP contribution in [0.2, 0.25) is 0 Å². The van der Waals surface area contributed by atoms with Crippen LogP contribution >= 0.6 is 0 Å². The van der Waals surface area contributed by atoms with Crippen LogP contribution < -0.4 is 20.5 Å². The van der Waals surface area contributed by atoms with E-state index in [1.54, 1.807) is 14.2 Å². The minimum atomic E-state index is -0.226. The van der Waals surface area contributed by atoms with Gasteiger partial charge in [0, 0.05) is 23.4 Å². The first-order chi connectivity index (χ1) is 13.9. The van der Waals surface area contributed by atoms with Crippen molar-refractivity contribution < 1.29 is 14.3 Å². The highest BCUT2D eigenvalue weighted by molar-refractivity contribution is 6.14. The van der Waals surface area contributed by atoms with Crippen molar-refractivity contribution in [2.75, 3.05) is 26.5 Å². The zero-order chi connectivity index (χ0) is 21.1. The van der Waals surface area contributed by atoms with Crippen LogP contribution in [0.4, 0.5) is 10.5 Å². The summed E-state index contributed by atoms with van der Waals surface area (Å²) in [6.45, 7) is 6.35. The van der Waals surface area contributed by atoms with Gasteiger partial charge in [-0.25, -0.2) is 9.80 Å². The lowest BCUT2D eigenvalue weighted by molar-refractivity contribution is 0.183. The number of urea groups is 1. The van der Waals surface area contributed by atoms with Crippen LogP contribution in [0.5, 0.6) is 11.5 Å². The van der Waals surface area contributed by atoms with Gasteiger partial charge in [0.1, 0.15) is 0 Å². The van der Waals surface area contributed by atoms with Crippen LogP contribution in [0.3, 0.4) is 0 Å². The highest BCUT2D eigenvalue weighted by Gasteiger charge is 2.28. The van der Waals surface area contributed by atoms with Gasteiger partial charge in [-0.1, -0.05) is 6.07 Å². The van der Waals surface area contributed by atoms with Gasteiger partial charge in [-0.15, -0.1) is 0 Å². The number of methoxy groups -OCH3 is 2. The van der Waals surface area contributed by atoms with Gasteiger partial charge in [0.2, 0.25) is 0 Å². The van der Waals surface area contributed by atoms with Crippen LogP contribution in [0, 0.1) is 6.92 Å². The smallest absolute Gasteiger partial charge is 0.338 e. The Hall–Kier alpha value is -3.22. The van der Waals surface area contributed by atoms with Crippen LogP contribution in [0.15, 0.2) is 35.4 Å². The molecule has 0 spiro atoms. The fourth-order valence-electron chi connectivity index (χ4n) is 3.49. The van der Waals surface area contributed by atoms with E-state index in [9.17, 15) is 4.79 Å². The van der Waals surface area contributed by atoms with E-state index < -0.39 is 0 Å². The number of ether oxygens (including phenoxy) is 2. The van der Waals surface area contributed by atoms with Crippen molar-refractivity contribution in [3.05, 3.63) is 52.6 Å². The molecule has 2 amide bonds. The topological polar surface area (TPSA) is 89.2 Å².